The molecule has 3 heterocycles. The van der Waals surface area contributed by atoms with E-state index < -0.39 is 16.1 Å². The Labute approximate surface area is 151 Å². The monoisotopic (exact) mass is 377 g/mol. The number of amides is 1. The topological polar surface area (TPSA) is 102 Å². The number of piperidine rings is 1. The number of carbonyl (C=O) groups excluding carboxylic acids is 1. The molecule has 2 saturated heterocycles. The Morgan fingerprint density at radius 1 is 1.27 bits per heavy atom. The van der Waals surface area contributed by atoms with Crippen molar-refractivity contribution in [2.75, 3.05) is 19.7 Å². The Kier molecular flexibility index (Phi) is 4.20. The first-order valence-corrected chi connectivity index (χ1v) is 9.83. The van der Waals surface area contributed by atoms with Crippen molar-refractivity contribution in [3.8, 4) is 11.3 Å². The zero-order valence-corrected chi connectivity index (χ0v) is 15.0. The fourth-order valence-corrected chi connectivity index (χ4v) is 4.91. The lowest BCUT2D eigenvalue weighted by molar-refractivity contribution is 0.0559. The van der Waals surface area contributed by atoms with Crippen LogP contribution in [0.3, 0.4) is 0 Å². The number of ether oxygens (including phenoxy) is 1. The van der Waals surface area contributed by atoms with E-state index in [-0.39, 0.29) is 23.5 Å². The van der Waals surface area contributed by atoms with E-state index in [1.165, 1.54) is 4.31 Å². The fraction of sp³-hybridized carbons (Fsp3) is 0.412. The van der Waals surface area contributed by atoms with Gasteiger partial charge in [0.2, 0.25) is 10.0 Å². The van der Waals surface area contributed by atoms with Crippen LogP contribution in [0.25, 0.3) is 11.3 Å². The maximum Gasteiger partial charge on any atom is 0.407 e. The molecule has 26 heavy (non-hydrogen) atoms. The van der Waals surface area contributed by atoms with Crippen LogP contribution in [-0.2, 0) is 14.8 Å². The second-order valence-electron chi connectivity index (χ2n) is 6.54. The van der Waals surface area contributed by atoms with Crippen LogP contribution in [0.15, 0.2) is 39.8 Å². The van der Waals surface area contributed by atoms with E-state index in [2.05, 4.69) is 10.3 Å². The number of fused-ring (bicyclic) bond motifs is 1. The number of hydrogen-bond acceptors (Lipinski definition) is 6. The standard InChI is InChI=1S/C17H19N3O5S/c1-11-18-16(10-24-11)12-2-4-14(5-3-12)26(22,23)20-7-6-15-13(8-20)9-25-17(21)19-15/h2-5,10,13,15H,6-9H2,1H3,(H,19,21)/t13-,15+/m1/s1. The van der Waals surface area contributed by atoms with Gasteiger partial charge in [0.25, 0.3) is 0 Å². The second kappa shape index (κ2) is 6.40. The highest BCUT2D eigenvalue weighted by molar-refractivity contribution is 7.89. The lowest BCUT2D eigenvalue weighted by atomic mass is 9.93. The smallest absolute Gasteiger partial charge is 0.407 e. The molecule has 2 aliphatic rings. The molecule has 138 valence electrons. The van der Waals surface area contributed by atoms with Crippen LogP contribution >= 0.6 is 0 Å². The summed E-state index contributed by atoms with van der Waals surface area (Å²) in [5.74, 6) is 0.523. The Balaban J connectivity index is 1.52. The molecule has 1 amide bonds. The number of cyclic esters (lactones) is 1. The maximum absolute atomic E-state index is 12.9. The van der Waals surface area contributed by atoms with Crippen LogP contribution in [0, 0.1) is 12.8 Å². The van der Waals surface area contributed by atoms with Gasteiger partial charge in [-0.1, -0.05) is 12.1 Å². The summed E-state index contributed by atoms with van der Waals surface area (Å²) in [5.41, 5.74) is 1.46. The van der Waals surface area contributed by atoms with Crippen LogP contribution in [0.5, 0.6) is 0 Å². The van der Waals surface area contributed by atoms with E-state index in [1.807, 2.05) is 0 Å². The summed E-state index contributed by atoms with van der Waals surface area (Å²) >= 11 is 0. The average molecular weight is 377 g/mol. The number of rotatable bonds is 3. The van der Waals surface area contributed by atoms with E-state index >= 15 is 0 Å². The number of aromatic nitrogens is 1. The van der Waals surface area contributed by atoms with Gasteiger partial charge in [0.15, 0.2) is 5.89 Å². The van der Waals surface area contributed by atoms with Crippen molar-refractivity contribution >= 4 is 16.1 Å². The minimum Gasteiger partial charge on any atom is -0.449 e. The lowest BCUT2D eigenvalue weighted by Crippen LogP contribution is -2.57. The number of hydrogen-bond donors (Lipinski definition) is 1. The first-order valence-electron chi connectivity index (χ1n) is 8.39. The number of alkyl carbamates (subject to hydrolysis) is 1. The molecule has 2 atom stereocenters. The van der Waals surface area contributed by atoms with Gasteiger partial charge in [-0.05, 0) is 18.6 Å². The van der Waals surface area contributed by atoms with Gasteiger partial charge in [0, 0.05) is 37.5 Å². The van der Waals surface area contributed by atoms with Crippen LogP contribution in [0.1, 0.15) is 12.3 Å². The molecule has 1 N–H and O–H groups in total. The number of benzene rings is 1. The number of nitrogens with zero attached hydrogens (tertiary/aromatic N) is 2. The molecule has 0 unspecified atom stereocenters. The Bertz CT molecular complexity index is 922. The van der Waals surface area contributed by atoms with E-state index in [4.69, 9.17) is 9.15 Å². The Morgan fingerprint density at radius 3 is 2.73 bits per heavy atom. The van der Waals surface area contributed by atoms with Gasteiger partial charge in [-0.25, -0.2) is 18.2 Å². The number of sulfonamides is 1. The molecular formula is C17H19N3O5S. The van der Waals surface area contributed by atoms with Crippen LogP contribution < -0.4 is 5.32 Å². The third-order valence-corrected chi connectivity index (χ3v) is 6.71. The van der Waals surface area contributed by atoms with Gasteiger partial charge in [-0.15, -0.1) is 0 Å². The molecule has 0 spiro atoms. The summed E-state index contributed by atoms with van der Waals surface area (Å²) in [6.45, 7) is 2.70. The van der Waals surface area contributed by atoms with Crippen molar-refractivity contribution in [2.24, 2.45) is 5.92 Å². The van der Waals surface area contributed by atoms with Crippen LogP contribution in [0.4, 0.5) is 4.79 Å². The fourth-order valence-electron chi connectivity index (χ4n) is 3.39. The van der Waals surface area contributed by atoms with Crippen molar-refractivity contribution in [3.05, 3.63) is 36.4 Å². The number of carbonyl (C=O) groups is 1. The molecule has 1 aromatic heterocycles. The lowest BCUT2D eigenvalue weighted by Gasteiger charge is -2.40. The molecule has 0 saturated carbocycles. The van der Waals surface area contributed by atoms with Gasteiger partial charge in [-0.2, -0.15) is 4.31 Å². The van der Waals surface area contributed by atoms with E-state index in [0.29, 0.717) is 31.1 Å². The number of nitrogens with one attached hydrogen (secondary N) is 1. The number of oxazole rings is 1. The third kappa shape index (κ3) is 3.08. The predicted octanol–water partition coefficient (Wildman–Crippen LogP) is 1.77. The molecule has 4 rings (SSSR count). The van der Waals surface area contributed by atoms with Gasteiger partial charge in [0.05, 0.1) is 11.5 Å². The van der Waals surface area contributed by atoms with Crippen LogP contribution in [0.2, 0.25) is 0 Å². The number of aryl methyl sites for hydroxylation is 1. The first-order chi connectivity index (χ1) is 12.4. The molecule has 9 heteroatoms. The SMILES string of the molecule is Cc1nc(-c2ccc(S(=O)(=O)N3CC[C@@H]4NC(=O)OC[C@H]4C3)cc2)co1. The summed E-state index contributed by atoms with van der Waals surface area (Å²) in [6.07, 6.45) is 1.69. The van der Waals surface area contributed by atoms with Gasteiger partial charge in [0.1, 0.15) is 12.0 Å². The average Bonchev–Trinajstić information content (AvgIpc) is 3.07. The van der Waals surface area contributed by atoms with Crippen molar-refractivity contribution < 1.29 is 22.4 Å². The summed E-state index contributed by atoms with van der Waals surface area (Å²) in [6, 6.07) is 6.59. The normalized spacial score (nSPS) is 23.8. The largest absolute Gasteiger partial charge is 0.449 e. The van der Waals surface area contributed by atoms with Gasteiger partial charge < -0.3 is 14.5 Å². The highest BCUT2D eigenvalue weighted by Gasteiger charge is 2.39. The molecule has 0 aliphatic carbocycles. The predicted molar refractivity (Wildman–Crippen MR) is 91.8 cm³/mol. The maximum atomic E-state index is 12.9. The summed E-state index contributed by atoms with van der Waals surface area (Å²) in [7, 11) is -3.60. The molecule has 2 aliphatic heterocycles. The van der Waals surface area contributed by atoms with Crippen molar-refractivity contribution in [2.45, 2.75) is 24.3 Å². The molecule has 8 nitrogen and oxygen atoms in total. The van der Waals surface area contributed by atoms with Gasteiger partial charge in [-0.3, -0.25) is 0 Å². The van der Waals surface area contributed by atoms with E-state index in [1.54, 1.807) is 37.5 Å². The van der Waals surface area contributed by atoms with E-state index in [9.17, 15) is 13.2 Å². The zero-order valence-electron chi connectivity index (χ0n) is 14.2. The third-order valence-electron chi connectivity index (χ3n) is 4.84. The molecular weight excluding hydrogens is 358 g/mol. The highest BCUT2D eigenvalue weighted by atomic mass is 32.2. The van der Waals surface area contributed by atoms with Crippen LogP contribution in [-0.4, -0.2) is 49.5 Å². The summed E-state index contributed by atoms with van der Waals surface area (Å²) in [4.78, 5) is 15.8. The molecule has 2 fully saturated rings. The molecule has 2 aromatic rings. The quantitative estimate of drug-likeness (QED) is 0.875. The second-order valence-corrected chi connectivity index (χ2v) is 8.48. The van der Waals surface area contributed by atoms with Crippen molar-refractivity contribution in [3.63, 3.8) is 0 Å². The zero-order chi connectivity index (χ0) is 18.3. The summed E-state index contributed by atoms with van der Waals surface area (Å²) in [5, 5.41) is 2.76. The van der Waals surface area contributed by atoms with Crippen molar-refractivity contribution in [1.82, 2.24) is 14.6 Å². The minimum atomic E-state index is -3.60. The molecule has 0 radical (unpaired) electrons. The molecule has 0 bridgehead atoms. The Hall–Kier alpha value is -2.39. The molecule has 1 aromatic carbocycles. The highest BCUT2D eigenvalue weighted by Crippen LogP contribution is 2.27. The Morgan fingerprint density at radius 2 is 2.04 bits per heavy atom. The van der Waals surface area contributed by atoms with E-state index in [0.717, 1.165) is 5.56 Å². The summed E-state index contributed by atoms with van der Waals surface area (Å²) < 4.78 is 37.5. The van der Waals surface area contributed by atoms with Gasteiger partial charge >= 0.3 is 6.09 Å². The minimum absolute atomic E-state index is 0.0273. The van der Waals surface area contributed by atoms with Crippen molar-refractivity contribution in [1.29, 1.82) is 0 Å². The first kappa shape index (κ1) is 17.0.